The molecule has 1 heterocycles. The summed E-state index contributed by atoms with van der Waals surface area (Å²) in [5.74, 6) is -0.553. The van der Waals surface area contributed by atoms with Gasteiger partial charge in [0.25, 0.3) is 15.9 Å². The van der Waals surface area contributed by atoms with Crippen LogP contribution in [0.25, 0.3) is 11.1 Å². The van der Waals surface area contributed by atoms with Crippen molar-refractivity contribution < 1.29 is 13.2 Å². The number of fused-ring (bicyclic) bond motifs is 3. The Bertz CT molecular complexity index is 1160. The predicted molar refractivity (Wildman–Crippen MR) is 110 cm³/mol. The molecule has 0 fully saturated rings. The molecule has 0 aromatic heterocycles. The third-order valence-electron chi connectivity index (χ3n) is 4.32. The summed E-state index contributed by atoms with van der Waals surface area (Å²) in [5, 5.41) is 0. The molecule has 0 saturated carbocycles. The summed E-state index contributed by atoms with van der Waals surface area (Å²) in [5.41, 5.74) is 3.09. The number of sulfonamides is 1. The van der Waals surface area contributed by atoms with E-state index in [1.165, 1.54) is 0 Å². The minimum atomic E-state index is -3.99. The van der Waals surface area contributed by atoms with Crippen LogP contribution in [0.3, 0.4) is 0 Å². The molecule has 0 aliphatic carbocycles. The third kappa shape index (κ3) is 2.64. The Kier molecular flexibility index (Phi) is 4.11. The Morgan fingerprint density at radius 2 is 1.69 bits per heavy atom. The molecule has 3 aromatic rings. The first kappa shape index (κ1) is 17.2. The van der Waals surface area contributed by atoms with E-state index in [-0.39, 0.29) is 4.90 Å². The summed E-state index contributed by atoms with van der Waals surface area (Å²) < 4.78 is 28.3. The lowest BCUT2D eigenvalue weighted by Crippen LogP contribution is -2.39. The Morgan fingerprint density at radius 1 is 0.923 bits per heavy atom. The van der Waals surface area contributed by atoms with Gasteiger partial charge >= 0.3 is 0 Å². The summed E-state index contributed by atoms with van der Waals surface area (Å²) in [4.78, 5) is 13.3. The molecule has 4 rings (SSSR count). The minimum absolute atomic E-state index is 0.150. The number of carbonyl (C=O) groups is 1. The van der Waals surface area contributed by atoms with Crippen LogP contribution < -0.4 is 4.31 Å². The van der Waals surface area contributed by atoms with E-state index in [4.69, 9.17) is 0 Å². The summed E-state index contributed by atoms with van der Waals surface area (Å²) >= 11 is 2.10. The van der Waals surface area contributed by atoms with E-state index in [0.29, 0.717) is 16.8 Å². The molecule has 3 aromatic carbocycles. The zero-order chi connectivity index (χ0) is 18.5. The first-order valence-electron chi connectivity index (χ1n) is 7.95. The number of carbonyl (C=O) groups excluding carboxylic acids is 1. The number of anilines is 1. The van der Waals surface area contributed by atoms with Crippen molar-refractivity contribution in [3.8, 4) is 11.1 Å². The third-order valence-corrected chi connectivity index (χ3v) is 6.75. The molecule has 1 amide bonds. The highest BCUT2D eigenvalue weighted by atomic mass is 127. The zero-order valence-electron chi connectivity index (χ0n) is 13.8. The first-order chi connectivity index (χ1) is 12.4. The molecule has 1 aliphatic rings. The zero-order valence-corrected chi connectivity index (χ0v) is 16.8. The van der Waals surface area contributed by atoms with E-state index in [1.807, 2.05) is 25.1 Å². The van der Waals surface area contributed by atoms with Crippen molar-refractivity contribution in [2.24, 2.45) is 0 Å². The Balaban J connectivity index is 2.00. The molecule has 0 spiro atoms. The number of nitrogens with zero attached hydrogens (tertiary/aromatic N) is 1. The Labute approximate surface area is 165 Å². The van der Waals surface area contributed by atoms with E-state index >= 15 is 0 Å². The molecule has 0 N–H and O–H groups in total. The molecule has 0 radical (unpaired) electrons. The maximum absolute atomic E-state index is 13.3. The fourth-order valence-electron chi connectivity index (χ4n) is 3.14. The molecule has 4 nitrogen and oxygen atoms in total. The van der Waals surface area contributed by atoms with Gasteiger partial charge in [-0.1, -0.05) is 35.9 Å². The van der Waals surface area contributed by atoms with Gasteiger partial charge in [0, 0.05) is 20.3 Å². The van der Waals surface area contributed by atoms with Crippen LogP contribution in [0, 0.1) is 10.5 Å². The van der Waals surface area contributed by atoms with E-state index in [1.54, 1.807) is 48.5 Å². The molecule has 0 bridgehead atoms. The lowest BCUT2D eigenvalue weighted by molar-refractivity contribution is 0.100. The van der Waals surface area contributed by atoms with Gasteiger partial charge in [0.05, 0.1) is 10.6 Å². The second kappa shape index (κ2) is 6.21. The number of aryl methyl sites for hydroxylation is 1. The SMILES string of the molecule is Cc1ccc2c(c1)-c1ccccc1S(=O)(=O)N2C(=O)c1cccc(I)c1. The first-order valence-corrected chi connectivity index (χ1v) is 10.5. The van der Waals surface area contributed by atoms with Gasteiger partial charge in [-0.25, -0.2) is 8.42 Å². The normalized spacial score (nSPS) is 14.5. The van der Waals surface area contributed by atoms with Gasteiger partial charge in [-0.15, -0.1) is 0 Å². The minimum Gasteiger partial charge on any atom is -0.268 e. The van der Waals surface area contributed by atoms with Crippen molar-refractivity contribution in [1.82, 2.24) is 0 Å². The fourth-order valence-corrected chi connectivity index (χ4v) is 5.33. The van der Waals surface area contributed by atoms with Crippen molar-refractivity contribution in [2.75, 3.05) is 4.31 Å². The maximum Gasteiger partial charge on any atom is 0.272 e. The molecule has 26 heavy (non-hydrogen) atoms. The standard InChI is InChI=1S/C20H14INO3S/c1-13-9-10-18-17(11-13)16-7-2-3-8-19(16)26(24,25)22(18)20(23)14-5-4-6-15(21)12-14/h2-12H,1H3. The van der Waals surface area contributed by atoms with Gasteiger partial charge in [-0.05, 0) is 65.9 Å². The summed E-state index contributed by atoms with van der Waals surface area (Å²) in [6, 6.07) is 19.1. The van der Waals surface area contributed by atoms with Crippen LogP contribution in [0.5, 0.6) is 0 Å². The monoisotopic (exact) mass is 475 g/mol. The lowest BCUT2D eigenvalue weighted by atomic mass is 10.0. The smallest absolute Gasteiger partial charge is 0.268 e. The van der Waals surface area contributed by atoms with Crippen molar-refractivity contribution in [1.29, 1.82) is 0 Å². The highest BCUT2D eigenvalue weighted by Gasteiger charge is 2.39. The fraction of sp³-hybridized carbons (Fsp3) is 0.0500. The van der Waals surface area contributed by atoms with E-state index in [0.717, 1.165) is 19.0 Å². The van der Waals surface area contributed by atoms with Gasteiger partial charge in [0.15, 0.2) is 0 Å². The van der Waals surface area contributed by atoms with Crippen molar-refractivity contribution in [2.45, 2.75) is 11.8 Å². The van der Waals surface area contributed by atoms with Crippen LogP contribution >= 0.6 is 22.6 Å². The van der Waals surface area contributed by atoms with Crippen LogP contribution in [0.4, 0.5) is 5.69 Å². The number of rotatable bonds is 1. The van der Waals surface area contributed by atoms with E-state index < -0.39 is 15.9 Å². The van der Waals surface area contributed by atoms with Gasteiger partial charge in [-0.3, -0.25) is 4.79 Å². The number of hydrogen-bond acceptors (Lipinski definition) is 3. The quantitative estimate of drug-likeness (QED) is 0.483. The Hall–Kier alpha value is -2.19. The molecular formula is C20H14INO3S. The highest BCUT2D eigenvalue weighted by Crippen LogP contribution is 2.43. The molecule has 0 saturated heterocycles. The van der Waals surface area contributed by atoms with Gasteiger partial charge < -0.3 is 0 Å². The van der Waals surface area contributed by atoms with E-state index in [9.17, 15) is 13.2 Å². The molecule has 6 heteroatoms. The number of halogens is 1. The molecule has 0 unspecified atom stereocenters. The molecular weight excluding hydrogens is 461 g/mol. The molecule has 1 aliphatic heterocycles. The van der Waals surface area contributed by atoms with Crippen LogP contribution in [0.15, 0.2) is 71.6 Å². The highest BCUT2D eigenvalue weighted by molar-refractivity contribution is 14.1. The summed E-state index contributed by atoms with van der Waals surface area (Å²) in [6.07, 6.45) is 0. The van der Waals surface area contributed by atoms with Gasteiger partial charge in [-0.2, -0.15) is 4.31 Å². The lowest BCUT2D eigenvalue weighted by Gasteiger charge is -2.30. The number of amides is 1. The van der Waals surface area contributed by atoms with Crippen LogP contribution in [-0.2, 0) is 10.0 Å². The van der Waals surface area contributed by atoms with Gasteiger partial charge in [0.1, 0.15) is 0 Å². The van der Waals surface area contributed by atoms with Crippen molar-refractivity contribution in [3.05, 3.63) is 81.4 Å². The Morgan fingerprint density at radius 3 is 2.46 bits per heavy atom. The number of benzene rings is 3. The molecule has 130 valence electrons. The van der Waals surface area contributed by atoms with Crippen LogP contribution in [0.2, 0.25) is 0 Å². The summed E-state index contributed by atoms with van der Waals surface area (Å²) in [7, 11) is -3.99. The van der Waals surface area contributed by atoms with E-state index in [2.05, 4.69) is 22.6 Å². The summed E-state index contributed by atoms with van der Waals surface area (Å²) in [6.45, 7) is 1.94. The topological polar surface area (TPSA) is 54.5 Å². The largest absolute Gasteiger partial charge is 0.272 e. The van der Waals surface area contributed by atoms with Crippen LogP contribution in [-0.4, -0.2) is 14.3 Å². The second-order valence-corrected chi connectivity index (χ2v) is 9.10. The number of hydrogen-bond donors (Lipinski definition) is 0. The van der Waals surface area contributed by atoms with Crippen molar-refractivity contribution in [3.63, 3.8) is 0 Å². The predicted octanol–water partition coefficient (Wildman–Crippen LogP) is 4.62. The van der Waals surface area contributed by atoms with Crippen LogP contribution in [0.1, 0.15) is 15.9 Å². The average Bonchev–Trinajstić information content (AvgIpc) is 2.62. The van der Waals surface area contributed by atoms with Gasteiger partial charge in [0.2, 0.25) is 0 Å². The average molecular weight is 475 g/mol. The maximum atomic E-state index is 13.3. The molecule has 0 atom stereocenters. The van der Waals surface area contributed by atoms with Crippen molar-refractivity contribution >= 4 is 44.2 Å². The second-order valence-electron chi connectivity index (χ2n) is 6.10.